The summed E-state index contributed by atoms with van der Waals surface area (Å²) >= 11 is 0. The lowest BCUT2D eigenvalue weighted by atomic mass is 10.1. The number of aromatic carboxylic acids is 1. The number of hydrogen-bond acceptors (Lipinski definition) is 4. The zero-order valence-electron chi connectivity index (χ0n) is 17.3. The van der Waals surface area contributed by atoms with E-state index in [1.807, 2.05) is 30.3 Å². The van der Waals surface area contributed by atoms with Crippen molar-refractivity contribution < 1.29 is 18.3 Å². The highest BCUT2D eigenvalue weighted by molar-refractivity contribution is 7.92. The Bertz CT molecular complexity index is 1450. The maximum Gasteiger partial charge on any atom is 0.354 e. The SMILES string of the molecule is O=C(O)c1ccc(C#Cc2ccccc2NS(=O)(=O)c2ccc(-c3ccccc3)cc2)cn1. The predicted octanol–water partition coefficient (Wildman–Crippen LogP) is 4.65. The second kappa shape index (κ2) is 9.39. The minimum atomic E-state index is -3.83. The van der Waals surface area contributed by atoms with E-state index in [9.17, 15) is 13.2 Å². The molecule has 0 bridgehead atoms. The fourth-order valence-corrected chi connectivity index (χ4v) is 4.16. The fourth-order valence-electron chi connectivity index (χ4n) is 3.08. The summed E-state index contributed by atoms with van der Waals surface area (Å²) in [6.45, 7) is 0. The van der Waals surface area contributed by atoms with Gasteiger partial charge in [0.15, 0.2) is 0 Å². The van der Waals surface area contributed by atoms with Crippen LogP contribution in [0.4, 0.5) is 5.69 Å². The zero-order chi connectivity index (χ0) is 23.3. The van der Waals surface area contributed by atoms with Crippen molar-refractivity contribution in [1.82, 2.24) is 4.98 Å². The molecule has 0 saturated heterocycles. The van der Waals surface area contributed by atoms with Crippen LogP contribution in [0, 0.1) is 11.8 Å². The molecule has 0 aliphatic heterocycles. The first kappa shape index (κ1) is 21.8. The third-order valence-electron chi connectivity index (χ3n) is 4.77. The van der Waals surface area contributed by atoms with Gasteiger partial charge in [0, 0.05) is 17.3 Å². The molecule has 0 radical (unpaired) electrons. The predicted molar refractivity (Wildman–Crippen MR) is 126 cm³/mol. The van der Waals surface area contributed by atoms with Crippen LogP contribution in [0.25, 0.3) is 11.1 Å². The number of pyridine rings is 1. The van der Waals surface area contributed by atoms with Gasteiger partial charge in [0.25, 0.3) is 10.0 Å². The Kier molecular flexibility index (Phi) is 6.20. The number of hydrogen-bond donors (Lipinski definition) is 2. The molecule has 0 unspecified atom stereocenters. The Balaban J connectivity index is 1.57. The first-order chi connectivity index (χ1) is 15.9. The molecule has 0 aliphatic rings. The Morgan fingerprint density at radius 1 is 0.788 bits per heavy atom. The number of carboxylic acids is 1. The van der Waals surface area contributed by atoms with Gasteiger partial charge >= 0.3 is 5.97 Å². The van der Waals surface area contributed by atoms with Crippen LogP contribution in [0.2, 0.25) is 0 Å². The van der Waals surface area contributed by atoms with Crippen molar-refractivity contribution in [3.8, 4) is 23.0 Å². The van der Waals surface area contributed by atoms with Crippen molar-refractivity contribution >= 4 is 21.7 Å². The van der Waals surface area contributed by atoms with E-state index in [0.29, 0.717) is 16.8 Å². The first-order valence-electron chi connectivity index (χ1n) is 9.91. The Morgan fingerprint density at radius 2 is 1.45 bits per heavy atom. The molecule has 0 saturated carbocycles. The number of nitrogens with one attached hydrogen (secondary N) is 1. The summed E-state index contributed by atoms with van der Waals surface area (Å²) < 4.78 is 28.5. The van der Waals surface area contributed by atoms with Crippen LogP contribution in [0.15, 0.2) is 102 Å². The van der Waals surface area contributed by atoms with Gasteiger partial charge in [-0.25, -0.2) is 18.2 Å². The lowest BCUT2D eigenvalue weighted by molar-refractivity contribution is 0.0690. The molecule has 0 aliphatic carbocycles. The lowest BCUT2D eigenvalue weighted by Gasteiger charge is -2.10. The van der Waals surface area contributed by atoms with Crippen molar-refractivity contribution in [3.63, 3.8) is 0 Å². The number of carboxylic acid groups (broad SMARTS) is 1. The number of benzene rings is 3. The van der Waals surface area contributed by atoms with E-state index < -0.39 is 16.0 Å². The quantitative estimate of drug-likeness (QED) is 0.428. The van der Waals surface area contributed by atoms with E-state index in [1.54, 1.807) is 54.6 Å². The molecule has 6 nitrogen and oxygen atoms in total. The minimum Gasteiger partial charge on any atom is -0.477 e. The molecule has 33 heavy (non-hydrogen) atoms. The van der Waals surface area contributed by atoms with E-state index in [2.05, 4.69) is 21.5 Å². The van der Waals surface area contributed by atoms with Crippen LogP contribution in [-0.4, -0.2) is 24.5 Å². The van der Waals surface area contributed by atoms with Gasteiger partial charge in [-0.2, -0.15) is 0 Å². The summed E-state index contributed by atoms with van der Waals surface area (Å²) in [6.07, 6.45) is 1.36. The summed E-state index contributed by atoms with van der Waals surface area (Å²) in [6, 6.07) is 26.1. The maximum absolute atomic E-state index is 13.0. The fraction of sp³-hybridized carbons (Fsp3) is 0. The van der Waals surface area contributed by atoms with Crippen LogP contribution in [0.3, 0.4) is 0 Å². The molecular formula is C26H18N2O4S. The second-order valence-electron chi connectivity index (χ2n) is 7.03. The van der Waals surface area contributed by atoms with E-state index in [-0.39, 0.29) is 10.6 Å². The van der Waals surface area contributed by atoms with Gasteiger partial charge in [0.1, 0.15) is 5.69 Å². The molecule has 0 fully saturated rings. The summed E-state index contributed by atoms with van der Waals surface area (Å²) in [7, 11) is -3.83. The van der Waals surface area contributed by atoms with E-state index in [1.165, 1.54) is 12.3 Å². The van der Waals surface area contributed by atoms with Gasteiger partial charge in [-0.05, 0) is 47.5 Å². The maximum atomic E-state index is 13.0. The van der Waals surface area contributed by atoms with Crippen molar-refractivity contribution in [2.75, 3.05) is 4.72 Å². The average Bonchev–Trinajstić information content (AvgIpc) is 2.84. The molecule has 0 spiro atoms. The third-order valence-corrected chi connectivity index (χ3v) is 6.15. The molecule has 0 amide bonds. The summed E-state index contributed by atoms with van der Waals surface area (Å²) in [5.74, 6) is 4.68. The standard InChI is InChI=1S/C26H18N2O4S/c29-26(30)25-17-11-19(18-27-25)10-12-22-8-4-5-9-24(22)28-33(31,32)23-15-13-21(14-16-23)20-6-2-1-3-7-20/h1-9,11,13-18,28H,(H,29,30). The lowest BCUT2D eigenvalue weighted by Crippen LogP contribution is -2.13. The number of nitrogens with zero attached hydrogens (tertiary/aromatic N) is 1. The topological polar surface area (TPSA) is 96.4 Å². The molecule has 4 rings (SSSR count). The van der Waals surface area contributed by atoms with Crippen LogP contribution in [0.1, 0.15) is 21.6 Å². The monoisotopic (exact) mass is 454 g/mol. The summed E-state index contributed by atoms with van der Waals surface area (Å²) in [4.78, 5) is 14.9. The van der Waals surface area contributed by atoms with Crippen molar-refractivity contribution in [1.29, 1.82) is 0 Å². The van der Waals surface area contributed by atoms with Gasteiger partial charge in [-0.1, -0.05) is 66.4 Å². The number of rotatable bonds is 5. The molecule has 2 N–H and O–H groups in total. The third kappa shape index (κ3) is 5.26. The summed E-state index contributed by atoms with van der Waals surface area (Å²) in [5.41, 5.74) is 3.17. The number of anilines is 1. The van der Waals surface area contributed by atoms with Crippen molar-refractivity contribution in [3.05, 3.63) is 114 Å². The van der Waals surface area contributed by atoms with E-state index in [4.69, 9.17) is 5.11 Å². The molecule has 1 aromatic heterocycles. The first-order valence-corrected chi connectivity index (χ1v) is 11.4. The Morgan fingerprint density at radius 3 is 2.12 bits per heavy atom. The van der Waals surface area contributed by atoms with Gasteiger partial charge in [0.2, 0.25) is 0 Å². The van der Waals surface area contributed by atoms with Crippen molar-refractivity contribution in [2.45, 2.75) is 4.90 Å². The molecular weight excluding hydrogens is 436 g/mol. The van der Waals surface area contributed by atoms with Crippen LogP contribution >= 0.6 is 0 Å². The van der Waals surface area contributed by atoms with Gasteiger partial charge in [-0.3, -0.25) is 4.72 Å². The average molecular weight is 455 g/mol. The molecule has 162 valence electrons. The highest BCUT2D eigenvalue weighted by Gasteiger charge is 2.15. The molecule has 4 aromatic rings. The van der Waals surface area contributed by atoms with Gasteiger partial charge in [-0.15, -0.1) is 0 Å². The van der Waals surface area contributed by atoms with Crippen LogP contribution in [-0.2, 0) is 10.0 Å². The molecule has 7 heteroatoms. The largest absolute Gasteiger partial charge is 0.477 e. The van der Waals surface area contributed by atoms with Crippen molar-refractivity contribution in [2.24, 2.45) is 0 Å². The van der Waals surface area contributed by atoms with Gasteiger partial charge in [0.05, 0.1) is 10.6 Å². The smallest absolute Gasteiger partial charge is 0.354 e. The number of aromatic nitrogens is 1. The van der Waals surface area contributed by atoms with E-state index in [0.717, 1.165) is 11.1 Å². The highest BCUT2D eigenvalue weighted by Crippen LogP contribution is 2.23. The molecule has 1 heterocycles. The highest BCUT2D eigenvalue weighted by atomic mass is 32.2. The Hall–Kier alpha value is -4.41. The number of carbonyl (C=O) groups is 1. The van der Waals surface area contributed by atoms with Crippen LogP contribution < -0.4 is 4.72 Å². The summed E-state index contributed by atoms with van der Waals surface area (Å²) in [5, 5.41) is 8.93. The zero-order valence-corrected chi connectivity index (χ0v) is 18.1. The van der Waals surface area contributed by atoms with Crippen LogP contribution in [0.5, 0.6) is 0 Å². The number of sulfonamides is 1. The number of para-hydroxylation sites is 1. The normalized spacial score (nSPS) is 10.7. The minimum absolute atomic E-state index is 0.0769. The second-order valence-corrected chi connectivity index (χ2v) is 8.71. The van der Waals surface area contributed by atoms with E-state index >= 15 is 0 Å². The molecule has 0 atom stereocenters. The molecule has 3 aromatic carbocycles. The van der Waals surface area contributed by atoms with Gasteiger partial charge < -0.3 is 5.11 Å². The Labute approximate surface area is 191 Å².